The number of hydrogen-bond acceptors (Lipinski definition) is 3. The lowest BCUT2D eigenvalue weighted by Crippen LogP contribution is -1.95. The van der Waals surface area contributed by atoms with Gasteiger partial charge in [-0.15, -0.1) is 0 Å². The van der Waals surface area contributed by atoms with Crippen molar-refractivity contribution in [3.05, 3.63) is 22.8 Å². The second kappa shape index (κ2) is 2.92. The molecule has 0 amide bonds. The van der Waals surface area contributed by atoms with Crippen LogP contribution in [0.3, 0.4) is 0 Å². The minimum Gasteiger partial charge on any atom is -0.478 e. The standard InChI is InChI=1S/C8H8BrN3O/c1-13-8-7(10)12-5(9)3-2-4-6(12)11-8/h2-4H,10H2,1H3. The number of pyridine rings is 1. The molecule has 68 valence electrons. The first-order valence-corrected chi connectivity index (χ1v) is 4.50. The second-order valence-corrected chi connectivity index (χ2v) is 3.36. The molecule has 0 aliphatic rings. The third-order valence-electron chi connectivity index (χ3n) is 1.79. The molecule has 0 bridgehead atoms. The summed E-state index contributed by atoms with van der Waals surface area (Å²) in [7, 11) is 1.55. The molecule has 5 heteroatoms. The highest BCUT2D eigenvalue weighted by atomic mass is 79.9. The van der Waals surface area contributed by atoms with E-state index in [0.717, 1.165) is 10.3 Å². The van der Waals surface area contributed by atoms with Crippen molar-refractivity contribution in [3.63, 3.8) is 0 Å². The molecule has 0 unspecified atom stereocenters. The van der Waals surface area contributed by atoms with Crippen molar-refractivity contribution in [1.82, 2.24) is 9.38 Å². The molecule has 2 aromatic rings. The summed E-state index contributed by atoms with van der Waals surface area (Å²) in [6.45, 7) is 0. The average molecular weight is 242 g/mol. The highest BCUT2D eigenvalue weighted by Gasteiger charge is 2.10. The Labute approximate surface area is 83.5 Å². The third kappa shape index (κ3) is 1.16. The van der Waals surface area contributed by atoms with E-state index in [1.165, 1.54) is 0 Å². The van der Waals surface area contributed by atoms with E-state index in [4.69, 9.17) is 10.5 Å². The summed E-state index contributed by atoms with van der Waals surface area (Å²) in [6.07, 6.45) is 0. The number of ether oxygens (including phenoxy) is 1. The van der Waals surface area contributed by atoms with Crippen LogP contribution in [-0.4, -0.2) is 16.5 Å². The van der Waals surface area contributed by atoms with Crippen LogP contribution in [0.5, 0.6) is 5.88 Å². The van der Waals surface area contributed by atoms with Gasteiger partial charge in [-0.25, -0.2) is 0 Å². The van der Waals surface area contributed by atoms with Crippen LogP contribution in [-0.2, 0) is 0 Å². The number of nitrogens with zero attached hydrogens (tertiary/aromatic N) is 2. The summed E-state index contributed by atoms with van der Waals surface area (Å²) in [4.78, 5) is 4.18. The average Bonchev–Trinajstić information content (AvgIpc) is 2.44. The van der Waals surface area contributed by atoms with Crippen LogP contribution in [0.2, 0.25) is 0 Å². The maximum atomic E-state index is 5.80. The van der Waals surface area contributed by atoms with E-state index >= 15 is 0 Å². The smallest absolute Gasteiger partial charge is 0.257 e. The summed E-state index contributed by atoms with van der Waals surface area (Å²) in [5.74, 6) is 0.955. The molecule has 0 aromatic carbocycles. The second-order valence-electron chi connectivity index (χ2n) is 2.55. The number of nitrogen functional groups attached to an aromatic ring is 1. The lowest BCUT2D eigenvalue weighted by molar-refractivity contribution is 0.403. The van der Waals surface area contributed by atoms with E-state index in [2.05, 4.69) is 20.9 Å². The molecule has 0 aliphatic carbocycles. The first kappa shape index (κ1) is 8.37. The Morgan fingerprint density at radius 3 is 2.92 bits per heavy atom. The molecule has 0 saturated carbocycles. The summed E-state index contributed by atoms with van der Waals surface area (Å²) >= 11 is 3.38. The number of aromatic nitrogens is 2. The lowest BCUT2D eigenvalue weighted by atomic mass is 10.5. The number of halogens is 1. The number of anilines is 1. The minimum absolute atomic E-state index is 0.451. The molecule has 2 aromatic heterocycles. The predicted octanol–water partition coefficient (Wildman–Crippen LogP) is 1.69. The van der Waals surface area contributed by atoms with Gasteiger partial charge in [0.15, 0.2) is 5.82 Å². The van der Waals surface area contributed by atoms with Gasteiger partial charge in [0.25, 0.3) is 5.88 Å². The highest BCUT2D eigenvalue weighted by molar-refractivity contribution is 9.10. The Morgan fingerprint density at radius 1 is 1.54 bits per heavy atom. The molecular formula is C8H8BrN3O. The van der Waals surface area contributed by atoms with Gasteiger partial charge in [0.2, 0.25) is 0 Å². The van der Waals surface area contributed by atoms with E-state index in [1.54, 1.807) is 11.5 Å². The van der Waals surface area contributed by atoms with Crippen molar-refractivity contribution in [2.75, 3.05) is 12.8 Å². The van der Waals surface area contributed by atoms with Crippen molar-refractivity contribution < 1.29 is 4.74 Å². The van der Waals surface area contributed by atoms with Crippen LogP contribution >= 0.6 is 15.9 Å². The minimum atomic E-state index is 0.451. The molecule has 2 heterocycles. The topological polar surface area (TPSA) is 52.5 Å². The maximum absolute atomic E-state index is 5.80. The molecule has 0 atom stereocenters. The molecule has 0 saturated heterocycles. The van der Waals surface area contributed by atoms with Gasteiger partial charge in [0, 0.05) is 0 Å². The normalized spacial score (nSPS) is 10.6. The van der Waals surface area contributed by atoms with Gasteiger partial charge in [-0.3, -0.25) is 4.40 Å². The number of imidazole rings is 1. The molecule has 0 spiro atoms. The fraction of sp³-hybridized carbons (Fsp3) is 0.125. The number of fused-ring (bicyclic) bond motifs is 1. The molecule has 4 nitrogen and oxygen atoms in total. The van der Waals surface area contributed by atoms with Crippen molar-refractivity contribution in [3.8, 4) is 5.88 Å². The quantitative estimate of drug-likeness (QED) is 0.774. The first-order chi connectivity index (χ1) is 6.24. The van der Waals surface area contributed by atoms with E-state index in [1.807, 2.05) is 18.2 Å². The van der Waals surface area contributed by atoms with Gasteiger partial charge in [-0.05, 0) is 28.1 Å². The zero-order valence-corrected chi connectivity index (χ0v) is 8.58. The van der Waals surface area contributed by atoms with Crippen molar-refractivity contribution in [2.24, 2.45) is 0 Å². The molecule has 2 N–H and O–H groups in total. The number of rotatable bonds is 1. The monoisotopic (exact) mass is 241 g/mol. The van der Waals surface area contributed by atoms with Gasteiger partial charge in [0.05, 0.1) is 11.7 Å². The van der Waals surface area contributed by atoms with Crippen molar-refractivity contribution in [2.45, 2.75) is 0 Å². The molecular weight excluding hydrogens is 234 g/mol. The van der Waals surface area contributed by atoms with Gasteiger partial charge in [0.1, 0.15) is 5.65 Å². The van der Waals surface area contributed by atoms with E-state index in [-0.39, 0.29) is 0 Å². The Morgan fingerprint density at radius 2 is 2.31 bits per heavy atom. The van der Waals surface area contributed by atoms with Crippen LogP contribution < -0.4 is 10.5 Å². The summed E-state index contributed by atoms with van der Waals surface area (Å²) in [5.41, 5.74) is 6.56. The summed E-state index contributed by atoms with van der Waals surface area (Å²) < 4.78 is 7.64. The fourth-order valence-electron chi connectivity index (χ4n) is 1.21. The highest BCUT2D eigenvalue weighted by Crippen LogP contribution is 2.25. The van der Waals surface area contributed by atoms with E-state index in [9.17, 15) is 0 Å². The van der Waals surface area contributed by atoms with Gasteiger partial charge < -0.3 is 10.5 Å². The van der Waals surface area contributed by atoms with E-state index in [0.29, 0.717) is 11.7 Å². The predicted molar refractivity (Wildman–Crippen MR) is 53.9 cm³/mol. The summed E-state index contributed by atoms with van der Waals surface area (Å²) in [5, 5.41) is 0. The Kier molecular flexibility index (Phi) is 1.88. The fourth-order valence-corrected chi connectivity index (χ4v) is 1.73. The summed E-state index contributed by atoms with van der Waals surface area (Å²) in [6, 6.07) is 5.65. The molecule has 13 heavy (non-hydrogen) atoms. The van der Waals surface area contributed by atoms with Crippen LogP contribution in [0.25, 0.3) is 5.65 Å². The zero-order chi connectivity index (χ0) is 9.42. The maximum Gasteiger partial charge on any atom is 0.257 e. The molecule has 0 radical (unpaired) electrons. The van der Waals surface area contributed by atoms with E-state index < -0.39 is 0 Å². The Balaban J connectivity index is 2.85. The first-order valence-electron chi connectivity index (χ1n) is 3.70. The van der Waals surface area contributed by atoms with Crippen LogP contribution in [0.15, 0.2) is 22.8 Å². The van der Waals surface area contributed by atoms with Crippen LogP contribution in [0.4, 0.5) is 5.82 Å². The SMILES string of the molecule is COc1nc2cccc(Br)n2c1N. The third-order valence-corrected chi connectivity index (χ3v) is 2.41. The van der Waals surface area contributed by atoms with Crippen LogP contribution in [0, 0.1) is 0 Å². The number of nitrogens with two attached hydrogens (primary N) is 1. The Bertz CT molecular complexity index is 452. The van der Waals surface area contributed by atoms with Gasteiger partial charge in [-0.2, -0.15) is 4.98 Å². The lowest BCUT2D eigenvalue weighted by Gasteiger charge is -1.98. The molecule has 2 rings (SSSR count). The number of hydrogen-bond donors (Lipinski definition) is 1. The number of methoxy groups -OCH3 is 1. The van der Waals surface area contributed by atoms with Gasteiger partial charge in [-0.1, -0.05) is 6.07 Å². The Hall–Kier alpha value is -1.23. The van der Waals surface area contributed by atoms with Crippen LogP contribution in [0.1, 0.15) is 0 Å². The van der Waals surface area contributed by atoms with Crippen molar-refractivity contribution in [1.29, 1.82) is 0 Å². The van der Waals surface area contributed by atoms with Gasteiger partial charge >= 0.3 is 0 Å². The molecule has 0 aliphatic heterocycles. The van der Waals surface area contributed by atoms with Crippen molar-refractivity contribution >= 4 is 27.4 Å². The zero-order valence-electron chi connectivity index (χ0n) is 6.99. The molecule has 0 fully saturated rings. The largest absolute Gasteiger partial charge is 0.478 e.